The Balaban J connectivity index is 2.02. The summed E-state index contributed by atoms with van der Waals surface area (Å²) in [6, 6.07) is 6.86. The Labute approximate surface area is 124 Å². The summed E-state index contributed by atoms with van der Waals surface area (Å²) in [7, 11) is 4.09. The van der Waals surface area contributed by atoms with Gasteiger partial charge >= 0.3 is 0 Å². The fraction of sp³-hybridized carbons (Fsp3) is 0.600. The average Bonchev–Trinajstić information content (AvgIpc) is 2.35. The number of nitrogens with one attached hydrogen (secondary N) is 1. The first-order valence-corrected chi connectivity index (χ1v) is 7.66. The van der Waals surface area contributed by atoms with E-state index in [0.717, 1.165) is 23.9 Å². The lowest BCUT2D eigenvalue weighted by atomic mass is 9.82. The molecule has 1 aliphatic carbocycles. The van der Waals surface area contributed by atoms with Crippen LogP contribution in [0.2, 0.25) is 0 Å². The van der Waals surface area contributed by atoms with Gasteiger partial charge in [0, 0.05) is 29.8 Å². The number of anilines is 1. The highest BCUT2D eigenvalue weighted by molar-refractivity contribution is 9.10. The van der Waals surface area contributed by atoms with E-state index in [0.29, 0.717) is 12.0 Å². The van der Waals surface area contributed by atoms with Crippen LogP contribution in [0.1, 0.15) is 31.4 Å². The summed E-state index contributed by atoms with van der Waals surface area (Å²) in [5.74, 6) is 0.634. The molecule has 1 aliphatic rings. The van der Waals surface area contributed by atoms with Crippen LogP contribution in [0.15, 0.2) is 22.7 Å². The van der Waals surface area contributed by atoms with E-state index in [-0.39, 0.29) is 6.10 Å². The highest BCUT2D eigenvalue weighted by Gasteiger charge is 2.28. The van der Waals surface area contributed by atoms with Crippen molar-refractivity contribution in [3.05, 3.63) is 28.2 Å². The molecular formula is C15H23BrN2O. The van der Waals surface area contributed by atoms with Gasteiger partial charge < -0.3 is 15.3 Å². The predicted molar refractivity (Wildman–Crippen MR) is 83.6 cm³/mol. The molecule has 1 aromatic rings. The minimum Gasteiger partial charge on any atom is -0.393 e. The highest BCUT2D eigenvalue weighted by atomic mass is 79.9. The van der Waals surface area contributed by atoms with Gasteiger partial charge in [-0.25, -0.2) is 0 Å². The molecule has 3 nitrogen and oxygen atoms in total. The molecule has 2 N–H and O–H groups in total. The van der Waals surface area contributed by atoms with Crippen LogP contribution in [-0.2, 0) is 0 Å². The summed E-state index contributed by atoms with van der Waals surface area (Å²) in [6.07, 6.45) is 1.82. The molecule has 1 saturated carbocycles. The topological polar surface area (TPSA) is 35.5 Å². The maximum absolute atomic E-state index is 9.34. The second-order valence-electron chi connectivity index (χ2n) is 5.59. The first-order valence-electron chi connectivity index (χ1n) is 6.87. The molecule has 0 spiro atoms. The second kappa shape index (κ2) is 6.25. The van der Waals surface area contributed by atoms with Crippen molar-refractivity contribution in [2.75, 3.05) is 25.5 Å². The summed E-state index contributed by atoms with van der Waals surface area (Å²) >= 11 is 3.66. The Hall–Kier alpha value is -0.580. The van der Waals surface area contributed by atoms with Crippen molar-refractivity contribution in [1.29, 1.82) is 0 Å². The van der Waals surface area contributed by atoms with Crippen molar-refractivity contribution in [1.82, 2.24) is 5.32 Å². The van der Waals surface area contributed by atoms with Crippen LogP contribution in [-0.4, -0.2) is 31.9 Å². The van der Waals surface area contributed by atoms with E-state index in [1.165, 1.54) is 11.3 Å². The van der Waals surface area contributed by atoms with E-state index in [9.17, 15) is 5.11 Å². The zero-order chi connectivity index (χ0) is 14.0. The molecule has 0 aliphatic heterocycles. The van der Waals surface area contributed by atoms with Crippen LogP contribution in [0, 0.1) is 5.92 Å². The number of aliphatic hydroxyl groups is 1. The SMILES string of the molecule is CNC(C)c1ccc(N(C)CC2CC(O)C2)cc1Br. The number of aliphatic hydroxyl groups excluding tert-OH is 1. The number of hydrogen-bond acceptors (Lipinski definition) is 3. The van der Waals surface area contributed by atoms with E-state index in [4.69, 9.17) is 0 Å². The van der Waals surface area contributed by atoms with Crippen LogP contribution in [0.5, 0.6) is 0 Å². The molecule has 1 aromatic carbocycles. The molecule has 106 valence electrons. The van der Waals surface area contributed by atoms with Gasteiger partial charge in [0.2, 0.25) is 0 Å². The molecule has 0 saturated heterocycles. The number of nitrogens with zero attached hydrogens (tertiary/aromatic N) is 1. The zero-order valence-electron chi connectivity index (χ0n) is 11.9. The Morgan fingerprint density at radius 3 is 2.68 bits per heavy atom. The third-order valence-corrected chi connectivity index (χ3v) is 4.75. The molecule has 1 fully saturated rings. The molecule has 4 heteroatoms. The van der Waals surface area contributed by atoms with Gasteiger partial charge in [-0.05, 0) is 50.4 Å². The number of rotatable bonds is 5. The van der Waals surface area contributed by atoms with Crippen LogP contribution < -0.4 is 10.2 Å². The number of halogens is 1. The largest absolute Gasteiger partial charge is 0.393 e. The van der Waals surface area contributed by atoms with Gasteiger partial charge in [-0.15, -0.1) is 0 Å². The second-order valence-corrected chi connectivity index (χ2v) is 6.44. The van der Waals surface area contributed by atoms with Gasteiger partial charge in [-0.1, -0.05) is 22.0 Å². The summed E-state index contributed by atoms with van der Waals surface area (Å²) in [4.78, 5) is 2.27. The summed E-state index contributed by atoms with van der Waals surface area (Å²) in [5.41, 5.74) is 2.50. The van der Waals surface area contributed by atoms with Crippen LogP contribution >= 0.6 is 15.9 Å². The Bertz CT molecular complexity index is 432. The quantitative estimate of drug-likeness (QED) is 0.873. The third kappa shape index (κ3) is 3.50. The fourth-order valence-corrected chi connectivity index (χ4v) is 3.31. The average molecular weight is 327 g/mol. The lowest BCUT2D eigenvalue weighted by Gasteiger charge is -2.35. The first kappa shape index (κ1) is 14.8. The molecule has 0 radical (unpaired) electrons. The van der Waals surface area contributed by atoms with E-state index < -0.39 is 0 Å². The summed E-state index contributed by atoms with van der Waals surface area (Å²) in [5, 5.41) is 12.6. The summed E-state index contributed by atoms with van der Waals surface area (Å²) in [6.45, 7) is 3.17. The third-order valence-electron chi connectivity index (χ3n) is 4.07. The lowest BCUT2D eigenvalue weighted by molar-refractivity contribution is 0.0465. The van der Waals surface area contributed by atoms with Crippen molar-refractivity contribution in [2.45, 2.75) is 31.9 Å². The minimum absolute atomic E-state index is 0.0657. The Kier molecular flexibility index (Phi) is 4.87. The molecule has 1 unspecified atom stereocenters. The monoisotopic (exact) mass is 326 g/mol. The number of hydrogen-bond donors (Lipinski definition) is 2. The van der Waals surface area contributed by atoms with Crippen molar-refractivity contribution in [3.8, 4) is 0 Å². The molecule has 19 heavy (non-hydrogen) atoms. The molecule has 1 atom stereocenters. The van der Waals surface area contributed by atoms with Gasteiger partial charge in [0.15, 0.2) is 0 Å². The van der Waals surface area contributed by atoms with Gasteiger partial charge in [-0.3, -0.25) is 0 Å². The van der Waals surface area contributed by atoms with Crippen molar-refractivity contribution in [3.63, 3.8) is 0 Å². The van der Waals surface area contributed by atoms with Crippen LogP contribution in [0.3, 0.4) is 0 Å². The van der Waals surface area contributed by atoms with E-state index in [2.05, 4.69) is 58.3 Å². The van der Waals surface area contributed by atoms with Crippen molar-refractivity contribution >= 4 is 21.6 Å². The molecule has 2 rings (SSSR count). The van der Waals surface area contributed by atoms with Crippen LogP contribution in [0.25, 0.3) is 0 Å². The Morgan fingerprint density at radius 2 is 2.16 bits per heavy atom. The maximum Gasteiger partial charge on any atom is 0.0546 e. The predicted octanol–water partition coefficient (Wildman–Crippen LogP) is 2.94. The first-order chi connectivity index (χ1) is 9.01. The molecule has 0 bridgehead atoms. The summed E-state index contributed by atoms with van der Waals surface area (Å²) < 4.78 is 1.15. The van der Waals surface area contributed by atoms with E-state index in [1.807, 2.05) is 7.05 Å². The smallest absolute Gasteiger partial charge is 0.0546 e. The number of benzene rings is 1. The van der Waals surface area contributed by atoms with Crippen molar-refractivity contribution in [2.24, 2.45) is 5.92 Å². The highest BCUT2D eigenvalue weighted by Crippen LogP contribution is 2.31. The minimum atomic E-state index is -0.0657. The van der Waals surface area contributed by atoms with Crippen LogP contribution in [0.4, 0.5) is 5.69 Å². The Morgan fingerprint density at radius 1 is 1.47 bits per heavy atom. The normalized spacial score (nSPS) is 23.8. The van der Waals surface area contributed by atoms with Gasteiger partial charge in [0.25, 0.3) is 0 Å². The van der Waals surface area contributed by atoms with Gasteiger partial charge in [-0.2, -0.15) is 0 Å². The lowest BCUT2D eigenvalue weighted by Crippen LogP contribution is -2.37. The van der Waals surface area contributed by atoms with E-state index in [1.54, 1.807) is 0 Å². The molecule has 0 aromatic heterocycles. The molecule has 0 amide bonds. The van der Waals surface area contributed by atoms with Crippen molar-refractivity contribution < 1.29 is 5.11 Å². The molecular weight excluding hydrogens is 304 g/mol. The fourth-order valence-electron chi connectivity index (χ4n) is 2.60. The van der Waals surface area contributed by atoms with Gasteiger partial charge in [0.05, 0.1) is 6.10 Å². The zero-order valence-corrected chi connectivity index (χ0v) is 13.4. The standard InChI is InChI=1S/C15H23BrN2O/c1-10(17-2)14-5-4-12(8-15(14)16)18(3)9-11-6-13(19)7-11/h4-5,8,10-11,13,17,19H,6-7,9H2,1-3H3. The van der Waals surface area contributed by atoms with Gasteiger partial charge in [0.1, 0.15) is 0 Å². The maximum atomic E-state index is 9.34. The van der Waals surface area contributed by atoms with E-state index >= 15 is 0 Å². The molecule has 0 heterocycles.